The Hall–Kier alpha value is -2.47. The number of hydrogen-bond acceptors (Lipinski definition) is 3. The number of nitrogens with one attached hydrogen (secondary N) is 2. The van der Waals surface area contributed by atoms with Crippen molar-refractivity contribution in [2.45, 2.75) is 13.5 Å². The van der Waals surface area contributed by atoms with Gasteiger partial charge in [-0.1, -0.05) is 57.9 Å². The Kier molecular flexibility index (Phi) is 6.05. The molecule has 5 nitrogen and oxygen atoms in total. The lowest BCUT2D eigenvalue weighted by Gasteiger charge is -2.04. The Morgan fingerprint density at radius 3 is 2.35 bits per heavy atom. The molecule has 6 heteroatoms. The maximum atomic E-state index is 11.7. The molecule has 2 amide bonds. The van der Waals surface area contributed by atoms with Gasteiger partial charge in [0.05, 0.1) is 6.21 Å². The number of halogens is 1. The average Bonchev–Trinajstić information content (AvgIpc) is 2.55. The fourth-order valence-electron chi connectivity index (χ4n) is 1.73. The van der Waals surface area contributed by atoms with Crippen LogP contribution in [0.15, 0.2) is 58.1 Å². The summed E-state index contributed by atoms with van der Waals surface area (Å²) in [6.07, 6.45) is 1.47. The maximum absolute atomic E-state index is 11.7. The molecule has 118 valence electrons. The van der Waals surface area contributed by atoms with Crippen molar-refractivity contribution < 1.29 is 9.59 Å². The first-order valence-electron chi connectivity index (χ1n) is 6.97. The number of nitrogens with zero attached hydrogens (tertiary/aromatic N) is 1. The normalized spacial score (nSPS) is 10.5. The molecule has 0 fully saturated rings. The van der Waals surface area contributed by atoms with Crippen LogP contribution in [0, 0.1) is 6.92 Å². The maximum Gasteiger partial charge on any atom is 0.329 e. The van der Waals surface area contributed by atoms with E-state index in [9.17, 15) is 9.59 Å². The van der Waals surface area contributed by atoms with Crippen LogP contribution in [0.5, 0.6) is 0 Å². The predicted molar refractivity (Wildman–Crippen MR) is 92.9 cm³/mol. The van der Waals surface area contributed by atoms with Gasteiger partial charge in [0.2, 0.25) is 0 Å². The van der Waals surface area contributed by atoms with Gasteiger partial charge in [-0.05, 0) is 30.2 Å². The Bertz CT molecular complexity index is 710. The molecule has 0 saturated carbocycles. The second-order valence-corrected chi connectivity index (χ2v) is 5.83. The molecule has 2 N–H and O–H groups in total. The van der Waals surface area contributed by atoms with Gasteiger partial charge < -0.3 is 5.32 Å². The second kappa shape index (κ2) is 8.24. The van der Waals surface area contributed by atoms with Gasteiger partial charge in [-0.3, -0.25) is 9.59 Å². The Labute approximate surface area is 142 Å². The van der Waals surface area contributed by atoms with Crippen molar-refractivity contribution in [3.8, 4) is 0 Å². The third kappa shape index (κ3) is 5.67. The van der Waals surface area contributed by atoms with Gasteiger partial charge in [-0.15, -0.1) is 0 Å². The first-order valence-corrected chi connectivity index (χ1v) is 7.76. The predicted octanol–water partition coefficient (Wildman–Crippen LogP) is 2.52. The van der Waals surface area contributed by atoms with Gasteiger partial charge in [0.25, 0.3) is 0 Å². The van der Waals surface area contributed by atoms with E-state index in [4.69, 9.17) is 0 Å². The molecule has 2 aromatic rings. The summed E-state index contributed by atoms with van der Waals surface area (Å²) in [6, 6.07) is 15.1. The first-order chi connectivity index (χ1) is 11.0. The molecule has 0 spiro atoms. The highest BCUT2D eigenvalue weighted by Crippen LogP contribution is 2.08. The summed E-state index contributed by atoms with van der Waals surface area (Å²) in [5.74, 6) is -1.52. The number of rotatable bonds is 4. The van der Waals surface area contributed by atoms with Gasteiger partial charge in [-0.25, -0.2) is 5.43 Å². The molecule has 0 aromatic heterocycles. The highest BCUT2D eigenvalue weighted by atomic mass is 79.9. The molecule has 0 unspecified atom stereocenters. The van der Waals surface area contributed by atoms with Gasteiger partial charge in [0, 0.05) is 11.0 Å². The standard InChI is InChI=1S/C17H16BrN3O2/c1-12-2-4-13(5-3-12)10-19-16(22)17(23)21-20-11-14-6-8-15(18)9-7-14/h2-9,11H,10H2,1H3,(H,19,22)(H,21,23)/b20-11+. The van der Waals surface area contributed by atoms with Gasteiger partial charge in [0.1, 0.15) is 0 Å². The number of carbonyl (C=O) groups excluding carboxylic acids is 2. The Balaban J connectivity index is 1.79. The van der Waals surface area contributed by atoms with E-state index in [2.05, 4.69) is 31.8 Å². The number of hydrogen-bond donors (Lipinski definition) is 2. The zero-order valence-electron chi connectivity index (χ0n) is 12.5. The summed E-state index contributed by atoms with van der Waals surface area (Å²) in [5, 5.41) is 6.30. The van der Waals surface area contributed by atoms with Crippen molar-refractivity contribution in [1.29, 1.82) is 0 Å². The van der Waals surface area contributed by atoms with Crippen LogP contribution in [0.1, 0.15) is 16.7 Å². The van der Waals surface area contributed by atoms with Crippen LogP contribution < -0.4 is 10.7 Å². The van der Waals surface area contributed by atoms with Crippen molar-refractivity contribution in [2.24, 2.45) is 5.10 Å². The molecule has 0 heterocycles. The molecule has 0 aliphatic carbocycles. The number of amides is 2. The van der Waals surface area contributed by atoms with Crippen LogP contribution in [0.4, 0.5) is 0 Å². The molecule has 0 aliphatic heterocycles. The lowest BCUT2D eigenvalue weighted by molar-refractivity contribution is -0.139. The smallest absolute Gasteiger partial charge is 0.329 e. The van der Waals surface area contributed by atoms with Crippen molar-refractivity contribution in [3.05, 3.63) is 69.7 Å². The molecular formula is C17H16BrN3O2. The SMILES string of the molecule is Cc1ccc(CNC(=O)C(=O)N/N=C/c2ccc(Br)cc2)cc1. The molecule has 0 bridgehead atoms. The van der Waals surface area contributed by atoms with E-state index in [1.807, 2.05) is 55.5 Å². The minimum Gasteiger partial charge on any atom is -0.344 e. The third-order valence-electron chi connectivity index (χ3n) is 3.03. The number of benzene rings is 2. The van der Waals surface area contributed by atoms with E-state index in [0.717, 1.165) is 21.2 Å². The quantitative estimate of drug-likeness (QED) is 0.491. The van der Waals surface area contributed by atoms with E-state index in [1.165, 1.54) is 6.21 Å². The lowest BCUT2D eigenvalue weighted by atomic mass is 10.1. The zero-order chi connectivity index (χ0) is 16.7. The topological polar surface area (TPSA) is 70.6 Å². The van der Waals surface area contributed by atoms with Crippen LogP contribution in [-0.2, 0) is 16.1 Å². The van der Waals surface area contributed by atoms with Crippen molar-refractivity contribution in [1.82, 2.24) is 10.7 Å². The fraction of sp³-hybridized carbons (Fsp3) is 0.118. The molecule has 2 rings (SSSR count). The van der Waals surface area contributed by atoms with Crippen LogP contribution in [0.25, 0.3) is 0 Å². The highest BCUT2D eigenvalue weighted by molar-refractivity contribution is 9.10. The van der Waals surface area contributed by atoms with Crippen LogP contribution >= 0.6 is 15.9 Å². The minimum absolute atomic E-state index is 0.295. The summed E-state index contributed by atoms with van der Waals surface area (Å²) in [6.45, 7) is 2.28. The number of aryl methyl sites for hydroxylation is 1. The molecule has 0 atom stereocenters. The zero-order valence-corrected chi connectivity index (χ0v) is 14.1. The molecule has 23 heavy (non-hydrogen) atoms. The van der Waals surface area contributed by atoms with Crippen LogP contribution in [0.3, 0.4) is 0 Å². The first kappa shape index (κ1) is 16.9. The van der Waals surface area contributed by atoms with E-state index >= 15 is 0 Å². The minimum atomic E-state index is -0.800. The van der Waals surface area contributed by atoms with E-state index in [1.54, 1.807) is 0 Å². The van der Waals surface area contributed by atoms with Crippen molar-refractivity contribution >= 4 is 34.0 Å². The Morgan fingerprint density at radius 1 is 1.04 bits per heavy atom. The van der Waals surface area contributed by atoms with E-state index in [-0.39, 0.29) is 0 Å². The van der Waals surface area contributed by atoms with Gasteiger partial charge in [-0.2, -0.15) is 5.10 Å². The summed E-state index contributed by atoms with van der Waals surface area (Å²) in [5.41, 5.74) is 5.08. The van der Waals surface area contributed by atoms with Crippen molar-refractivity contribution in [2.75, 3.05) is 0 Å². The second-order valence-electron chi connectivity index (χ2n) is 4.92. The highest BCUT2D eigenvalue weighted by Gasteiger charge is 2.11. The fourth-order valence-corrected chi connectivity index (χ4v) is 2.00. The summed E-state index contributed by atoms with van der Waals surface area (Å²) >= 11 is 3.33. The van der Waals surface area contributed by atoms with E-state index < -0.39 is 11.8 Å². The lowest BCUT2D eigenvalue weighted by Crippen LogP contribution is -2.37. The molecule has 0 saturated heterocycles. The molecule has 0 aliphatic rings. The van der Waals surface area contributed by atoms with Crippen LogP contribution in [0.2, 0.25) is 0 Å². The summed E-state index contributed by atoms with van der Waals surface area (Å²) in [7, 11) is 0. The third-order valence-corrected chi connectivity index (χ3v) is 3.56. The van der Waals surface area contributed by atoms with Gasteiger partial charge in [0.15, 0.2) is 0 Å². The Morgan fingerprint density at radius 2 is 1.70 bits per heavy atom. The monoisotopic (exact) mass is 373 g/mol. The molecular weight excluding hydrogens is 358 g/mol. The summed E-state index contributed by atoms with van der Waals surface area (Å²) in [4.78, 5) is 23.3. The average molecular weight is 374 g/mol. The van der Waals surface area contributed by atoms with Crippen LogP contribution in [-0.4, -0.2) is 18.0 Å². The largest absolute Gasteiger partial charge is 0.344 e. The van der Waals surface area contributed by atoms with Gasteiger partial charge >= 0.3 is 11.8 Å². The van der Waals surface area contributed by atoms with Crippen molar-refractivity contribution in [3.63, 3.8) is 0 Å². The molecule has 0 radical (unpaired) electrons. The number of carbonyl (C=O) groups is 2. The van der Waals surface area contributed by atoms with E-state index in [0.29, 0.717) is 6.54 Å². The summed E-state index contributed by atoms with van der Waals surface area (Å²) < 4.78 is 0.953. The molecule has 2 aromatic carbocycles. The number of hydrazone groups is 1.